The van der Waals surface area contributed by atoms with E-state index in [9.17, 15) is 14.7 Å². The topological polar surface area (TPSA) is 88.5 Å². The van der Waals surface area contributed by atoms with Crippen molar-refractivity contribution in [2.75, 3.05) is 5.32 Å². The number of anilines is 1. The Balaban J connectivity index is 1.21. The maximum atomic E-state index is 13.2. The summed E-state index contributed by atoms with van der Waals surface area (Å²) >= 11 is 1.50. The van der Waals surface area contributed by atoms with Crippen molar-refractivity contribution in [1.29, 1.82) is 0 Å². The number of aryl methyl sites for hydroxylation is 2. The molecule has 1 amide bonds. The fraction of sp³-hybridized carbons (Fsp3) is 0.649. The van der Waals surface area contributed by atoms with Gasteiger partial charge in [-0.3, -0.25) is 9.59 Å². The van der Waals surface area contributed by atoms with Gasteiger partial charge in [-0.05, 0) is 112 Å². The summed E-state index contributed by atoms with van der Waals surface area (Å²) in [5.74, 6) is 1.99. The number of hydrogen-bond acceptors (Lipinski definition) is 6. The van der Waals surface area contributed by atoms with Crippen molar-refractivity contribution in [3.8, 4) is 5.75 Å². The second kappa shape index (κ2) is 15.1. The van der Waals surface area contributed by atoms with E-state index in [1.54, 1.807) is 6.20 Å². The molecule has 5 rings (SSSR count). The summed E-state index contributed by atoms with van der Waals surface area (Å²) in [6.45, 7) is 8.15. The van der Waals surface area contributed by atoms with Crippen LogP contribution in [0, 0.1) is 30.1 Å². The lowest BCUT2D eigenvalue weighted by molar-refractivity contribution is -0.157. The number of esters is 1. The van der Waals surface area contributed by atoms with Crippen molar-refractivity contribution in [2.45, 2.75) is 129 Å². The van der Waals surface area contributed by atoms with E-state index in [1.165, 1.54) is 54.6 Å². The van der Waals surface area contributed by atoms with E-state index in [4.69, 9.17) is 4.74 Å². The van der Waals surface area contributed by atoms with E-state index in [1.807, 2.05) is 25.1 Å². The van der Waals surface area contributed by atoms with Gasteiger partial charge >= 0.3 is 5.97 Å². The molecular formula is C37H52N2O4S. The number of aromatic hydroxyl groups is 1. The molecule has 7 heteroatoms. The number of phenolic OH excluding ortho intramolecular Hbond substituents is 1. The molecule has 2 saturated carbocycles. The first-order chi connectivity index (χ1) is 21.3. The van der Waals surface area contributed by atoms with Crippen LogP contribution in [0.15, 0.2) is 37.1 Å². The maximum Gasteiger partial charge on any atom is 0.306 e. The molecule has 6 nitrogen and oxygen atoms in total. The van der Waals surface area contributed by atoms with Crippen LogP contribution in [-0.4, -0.2) is 28.1 Å². The summed E-state index contributed by atoms with van der Waals surface area (Å²) in [4.78, 5) is 31.5. The standard InChI is InChI=1S/C37H52N2O4S/c1-4-5-6-7-8-9-10-11-12-13-34(42)43-32-23-27(15-19-33(41)39-36-38-24-25(2)44-36)35-31-17-14-26-22-28(40)16-18-29(26)30(31)20-21-37(32,35)3/h4,16,18,22,24,27,30-32,35,40H,1,5-15,17,19-21,23H2,2-3H3,(H,38,39,41)/t27-,30?,31?,32+,35?,37-/m1/s1. The van der Waals surface area contributed by atoms with Crippen LogP contribution in [0.25, 0.3) is 0 Å². The van der Waals surface area contributed by atoms with Gasteiger partial charge in [0.1, 0.15) is 11.9 Å². The fourth-order valence-electron chi connectivity index (χ4n) is 8.85. The van der Waals surface area contributed by atoms with Gasteiger partial charge in [-0.1, -0.05) is 51.2 Å². The predicted octanol–water partition coefficient (Wildman–Crippen LogP) is 9.27. The number of nitrogens with one attached hydrogen (secondary N) is 1. The van der Waals surface area contributed by atoms with Crippen molar-refractivity contribution in [3.63, 3.8) is 0 Å². The molecule has 2 N–H and O–H groups in total. The van der Waals surface area contributed by atoms with E-state index in [2.05, 4.69) is 29.9 Å². The molecule has 240 valence electrons. The van der Waals surface area contributed by atoms with Crippen molar-refractivity contribution in [2.24, 2.45) is 23.2 Å². The van der Waals surface area contributed by atoms with E-state index in [0.29, 0.717) is 47.4 Å². The maximum absolute atomic E-state index is 13.2. The Bertz CT molecular complexity index is 1290. The first kappa shape index (κ1) is 32.7. The van der Waals surface area contributed by atoms with Gasteiger partial charge in [0.25, 0.3) is 0 Å². The highest BCUT2D eigenvalue weighted by Gasteiger charge is 2.59. The van der Waals surface area contributed by atoms with Crippen LogP contribution in [0.3, 0.4) is 0 Å². The lowest BCUT2D eigenvalue weighted by atomic mass is 9.53. The highest BCUT2D eigenvalue weighted by atomic mass is 32.1. The molecule has 1 aromatic heterocycles. The monoisotopic (exact) mass is 620 g/mol. The SMILES string of the molecule is C=CCCCCCCCCCC(=O)O[C@H]1C[C@@H](CCC(=O)Nc2ncc(C)s2)C2C3CCc4cc(O)ccc4C3CC[C@@]21C. The Morgan fingerprint density at radius 3 is 2.66 bits per heavy atom. The number of fused-ring (bicyclic) bond motifs is 5. The normalized spacial score (nSPS) is 27.2. The highest BCUT2D eigenvalue weighted by molar-refractivity contribution is 7.15. The number of allylic oxidation sites excluding steroid dienone is 1. The molecule has 1 aromatic carbocycles. The van der Waals surface area contributed by atoms with Crippen LogP contribution in [0.2, 0.25) is 0 Å². The van der Waals surface area contributed by atoms with Gasteiger partial charge < -0.3 is 15.2 Å². The van der Waals surface area contributed by atoms with E-state index in [0.717, 1.165) is 62.7 Å². The number of carbonyl (C=O) groups excluding carboxylic acids is 2. The number of hydrogen-bond donors (Lipinski definition) is 2. The molecule has 1 heterocycles. The Kier molecular flexibility index (Phi) is 11.2. The first-order valence-corrected chi connectivity index (χ1v) is 17.9. The molecule has 44 heavy (non-hydrogen) atoms. The van der Waals surface area contributed by atoms with Gasteiger partial charge in [0.05, 0.1) is 0 Å². The van der Waals surface area contributed by atoms with Crippen molar-refractivity contribution < 1.29 is 19.4 Å². The minimum atomic E-state index is -0.0956. The number of rotatable bonds is 15. The van der Waals surface area contributed by atoms with Gasteiger partial charge in [-0.25, -0.2) is 4.98 Å². The van der Waals surface area contributed by atoms with Crippen LogP contribution in [0.5, 0.6) is 5.75 Å². The van der Waals surface area contributed by atoms with Crippen molar-refractivity contribution in [3.05, 3.63) is 53.1 Å². The smallest absolute Gasteiger partial charge is 0.306 e. The molecule has 0 spiro atoms. The number of thiazole rings is 1. The number of amides is 1. The van der Waals surface area contributed by atoms with Gasteiger partial charge in [0, 0.05) is 29.3 Å². The van der Waals surface area contributed by atoms with Crippen molar-refractivity contribution in [1.82, 2.24) is 4.98 Å². The Morgan fingerprint density at radius 1 is 1.14 bits per heavy atom. The zero-order valence-electron chi connectivity index (χ0n) is 26.8. The summed E-state index contributed by atoms with van der Waals surface area (Å²) < 4.78 is 6.37. The van der Waals surface area contributed by atoms with E-state index in [-0.39, 0.29) is 23.4 Å². The van der Waals surface area contributed by atoms with Gasteiger partial charge in [0.2, 0.25) is 5.91 Å². The molecule has 0 radical (unpaired) electrons. The average Bonchev–Trinajstić information content (AvgIpc) is 3.53. The summed E-state index contributed by atoms with van der Waals surface area (Å²) in [5, 5.41) is 13.8. The molecule has 0 saturated heterocycles. The summed E-state index contributed by atoms with van der Waals surface area (Å²) in [6, 6.07) is 5.92. The number of unbranched alkanes of at least 4 members (excludes halogenated alkanes) is 7. The molecule has 2 fully saturated rings. The second-order valence-electron chi connectivity index (χ2n) is 13.9. The van der Waals surface area contributed by atoms with Crippen LogP contribution < -0.4 is 5.32 Å². The number of benzene rings is 1. The number of phenols is 1. The van der Waals surface area contributed by atoms with Gasteiger partial charge in [0.15, 0.2) is 5.13 Å². The third-order valence-electron chi connectivity index (χ3n) is 10.9. The number of nitrogens with zero attached hydrogens (tertiary/aromatic N) is 1. The predicted molar refractivity (Wildman–Crippen MR) is 178 cm³/mol. The van der Waals surface area contributed by atoms with Gasteiger partial charge in [-0.15, -0.1) is 17.9 Å². The second-order valence-corrected chi connectivity index (χ2v) is 15.1. The minimum Gasteiger partial charge on any atom is -0.508 e. The zero-order valence-corrected chi connectivity index (χ0v) is 27.6. The number of aromatic nitrogens is 1. The molecular weight excluding hydrogens is 568 g/mol. The van der Waals surface area contributed by atoms with Crippen LogP contribution in [0.4, 0.5) is 5.13 Å². The molecule has 3 unspecified atom stereocenters. The molecule has 3 aliphatic carbocycles. The third kappa shape index (κ3) is 7.75. The summed E-state index contributed by atoms with van der Waals surface area (Å²) in [5.41, 5.74) is 2.59. The molecule has 0 bridgehead atoms. The van der Waals surface area contributed by atoms with Crippen molar-refractivity contribution >= 4 is 28.3 Å². The molecule has 3 aliphatic rings. The average molecular weight is 621 g/mol. The Labute approximate surface area is 268 Å². The van der Waals surface area contributed by atoms with E-state index < -0.39 is 0 Å². The zero-order chi connectivity index (χ0) is 31.1. The molecule has 2 aromatic rings. The largest absolute Gasteiger partial charge is 0.508 e. The van der Waals surface area contributed by atoms with Crippen LogP contribution in [-0.2, 0) is 20.7 Å². The first-order valence-electron chi connectivity index (χ1n) is 17.1. The van der Waals surface area contributed by atoms with Crippen LogP contribution >= 0.6 is 11.3 Å². The fourth-order valence-corrected chi connectivity index (χ4v) is 9.53. The summed E-state index contributed by atoms with van der Waals surface area (Å²) in [7, 11) is 0. The quantitative estimate of drug-likeness (QED) is 0.118. The van der Waals surface area contributed by atoms with Gasteiger partial charge in [-0.2, -0.15) is 0 Å². The number of ether oxygens (including phenoxy) is 1. The number of carbonyl (C=O) groups is 2. The lowest BCUT2D eigenvalue weighted by Crippen LogP contribution is -2.46. The van der Waals surface area contributed by atoms with Crippen LogP contribution in [0.1, 0.15) is 125 Å². The highest BCUT2D eigenvalue weighted by Crippen LogP contribution is 2.64. The minimum absolute atomic E-state index is 0.0130. The lowest BCUT2D eigenvalue weighted by Gasteiger charge is -2.51. The third-order valence-corrected chi connectivity index (χ3v) is 11.8. The Hall–Kier alpha value is -2.67. The Morgan fingerprint density at radius 2 is 1.91 bits per heavy atom. The molecule has 6 atom stereocenters. The molecule has 0 aliphatic heterocycles. The summed E-state index contributed by atoms with van der Waals surface area (Å²) in [6.07, 6.45) is 19.6. The van der Waals surface area contributed by atoms with E-state index >= 15 is 0 Å².